The number of sulfonamides is 1. The van der Waals surface area contributed by atoms with Gasteiger partial charge in [0.1, 0.15) is 24.0 Å². The second-order valence-electron chi connectivity index (χ2n) is 6.96. The van der Waals surface area contributed by atoms with E-state index < -0.39 is 27.7 Å². The number of amides is 2. The van der Waals surface area contributed by atoms with Crippen LogP contribution in [0.25, 0.3) is 0 Å². The third kappa shape index (κ3) is 6.51. The van der Waals surface area contributed by atoms with Crippen LogP contribution in [0.5, 0.6) is 5.75 Å². The number of carbonyl (C=O) groups is 2. The lowest BCUT2D eigenvalue weighted by Crippen LogP contribution is -2.21. The summed E-state index contributed by atoms with van der Waals surface area (Å²) in [6, 6.07) is 9.88. The monoisotopic (exact) mass is 521 g/mol. The highest BCUT2D eigenvalue weighted by Gasteiger charge is 2.21. The van der Waals surface area contributed by atoms with Gasteiger partial charge in [-0.3, -0.25) is 9.59 Å². The molecule has 0 saturated heterocycles. The molecule has 0 aliphatic rings. The van der Waals surface area contributed by atoms with Crippen molar-refractivity contribution in [1.29, 1.82) is 0 Å². The number of aromatic nitrogens is 1. The number of ether oxygens (including phenoxy) is 1. The molecule has 0 saturated carbocycles. The van der Waals surface area contributed by atoms with Crippen LogP contribution in [0.15, 0.2) is 59.6 Å². The Morgan fingerprint density at radius 1 is 1.06 bits per heavy atom. The number of rotatable bonds is 9. The van der Waals surface area contributed by atoms with Gasteiger partial charge < -0.3 is 21.1 Å². The van der Waals surface area contributed by atoms with Crippen LogP contribution in [-0.2, 0) is 10.0 Å². The Labute approximate surface area is 205 Å². The van der Waals surface area contributed by atoms with Crippen LogP contribution in [0.4, 0.5) is 15.9 Å². The molecule has 2 aromatic carbocycles. The standard InChI is InChI=1S/C22H21ClFN5O5S/c1-26-35(32,33)15-4-5-16(19(11-15)34-9-8-25)21(30)28-18-6-3-14(24)10-17(18)22(31)29-20-7-2-13(23)12-27-20/h2-7,10-12,26H,8-9,25H2,1H3,(H,28,30)(H,27,29,31). The van der Waals surface area contributed by atoms with E-state index in [4.69, 9.17) is 22.1 Å². The van der Waals surface area contributed by atoms with E-state index in [2.05, 4.69) is 20.3 Å². The number of hydrogen-bond donors (Lipinski definition) is 4. The van der Waals surface area contributed by atoms with Crippen LogP contribution in [0, 0.1) is 5.82 Å². The number of benzene rings is 2. The smallest absolute Gasteiger partial charge is 0.259 e. The Morgan fingerprint density at radius 3 is 2.46 bits per heavy atom. The molecule has 0 atom stereocenters. The van der Waals surface area contributed by atoms with E-state index in [-0.39, 0.29) is 46.4 Å². The molecule has 2 amide bonds. The molecule has 0 aliphatic heterocycles. The van der Waals surface area contributed by atoms with Gasteiger partial charge in [0.05, 0.1) is 26.7 Å². The van der Waals surface area contributed by atoms with Crippen LogP contribution in [-0.4, -0.2) is 45.4 Å². The fourth-order valence-corrected chi connectivity index (χ4v) is 3.76. The highest BCUT2D eigenvalue weighted by Crippen LogP contribution is 2.26. The van der Waals surface area contributed by atoms with Crippen molar-refractivity contribution in [3.63, 3.8) is 0 Å². The van der Waals surface area contributed by atoms with Gasteiger partial charge in [0.15, 0.2) is 0 Å². The minimum Gasteiger partial charge on any atom is -0.491 e. The van der Waals surface area contributed by atoms with Gasteiger partial charge in [0.2, 0.25) is 10.0 Å². The van der Waals surface area contributed by atoms with Crippen molar-refractivity contribution in [2.24, 2.45) is 5.73 Å². The van der Waals surface area contributed by atoms with Crippen molar-refractivity contribution in [2.75, 3.05) is 30.8 Å². The van der Waals surface area contributed by atoms with Gasteiger partial charge in [-0.2, -0.15) is 0 Å². The number of hydrogen-bond acceptors (Lipinski definition) is 7. The number of nitrogens with one attached hydrogen (secondary N) is 3. The Hall–Kier alpha value is -3.58. The van der Waals surface area contributed by atoms with Gasteiger partial charge in [0, 0.05) is 18.8 Å². The van der Waals surface area contributed by atoms with Gasteiger partial charge in [0.25, 0.3) is 11.8 Å². The lowest BCUT2D eigenvalue weighted by Gasteiger charge is -2.15. The normalized spacial score (nSPS) is 11.1. The van der Waals surface area contributed by atoms with Gasteiger partial charge in [-0.15, -0.1) is 0 Å². The van der Waals surface area contributed by atoms with E-state index in [1.54, 1.807) is 0 Å². The van der Waals surface area contributed by atoms with Crippen molar-refractivity contribution >= 4 is 44.9 Å². The molecular weight excluding hydrogens is 501 g/mol. The molecule has 0 unspecified atom stereocenters. The molecule has 35 heavy (non-hydrogen) atoms. The van der Waals surface area contributed by atoms with Gasteiger partial charge in [-0.25, -0.2) is 22.5 Å². The van der Waals surface area contributed by atoms with Crippen LogP contribution < -0.4 is 25.8 Å². The molecule has 1 aromatic heterocycles. The summed E-state index contributed by atoms with van der Waals surface area (Å²) in [5.74, 6) is -2.03. The van der Waals surface area contributed by atoms with Crippen LogP contribution in [0.2, 0.25) is 5.02 Å². The Balaban J connectivity index is 1.92. The van der Waals surface area contributed by atoms with Crippen LogP contribution in [0.3, 0.4) is 0 Å². The lowest BCUT2D eigenvalue weighted by molar-refractivity contribution is 0.102. The molecule has 0 radical (unpaired) electrons. The second-order valence-corrected chi connectivity index (χ2v) is 9.29. The van der Waals surface area contributed by atoms with Gasteiger partial charge in [-0.05, 0) is 49.5 Å². The molecule has 184 valence electrons. The summed E-state index contributed by atoms with van der Waals surface area (Å²) in [4.78, 5) is 29.6. The number of nitrogens with zero attached hydrogens (tertiary/aromatic N) is 1. The Kier molecular flexibility index (Phi) is 8.35. The maximum absolute atomic E-state index is 13.9. The second kappa shape index (κ2) is 11.2. The predicted octanol–water partition coefficient (Wildman–Crippen LogP) is 2.62. The molecule has 10 nitrogen and oxygen atoms in total. The topological polar surface area (TPSA) is 153 Å². The van der Waals surface area contributed by atoms with Crippen molar-refractivity contribution < 1.29 is 27.1 Å². The molecule has 0 aliphatic carbocycles. The molecule has 0 spiro atoms. The molecule has 5 N–H and O–H groups in total. The first-order valence-corrected chi connectivity index (χ1v) is 11.9. The summed E-state index contributed by atoms with van der Waals surface area (Å²) in [6.07, 6.45) is 1.33. The van der Waals surface area contributed by atoms with Gasteiger partial charge >= 0.3 is 0 Å². The summed E-state index contributed by atoms with van der Waals surface area (Å²) >= 11 is 5.79. The fourth-order valence-electron chi connectivity index (χ4n) is 2.90. The van der Waals surface area contributed by atoms with Crippen molar-refractivity contribution in [3.8, 4) is 5.75 Å². The highest BCUT2D eigenvalue weighted by atomic mass is 35.5. The summed E-state index contributed by atoms with van der Waals surface area (Å²) in [6.45, 7) is 0.132. The van der Waals surface area contributed by atoms with E-state index in [9.17, 15) is 22.4 Å². The lowest BCUT2D eigenvalue weighted by atomic mass is 10.1. The molecule has 0 fully saturated rings. The Bertz CT molecular complexity index is 1350. The fraction of sp³-hybridized carbons (Fsp3) is 0.136. The first-order valence-electron chi connectivity index (χ1n) is 10.1. The zero-order valence-electron chi connectivity index (χ0n) is 18.3. The van der Waals surface area contributed by atoms with Crippen molar-refractivity contribution in [3.05, 3.63) is 76.7 Å². The first kappa shape index (κ1) is 26.0. The highest BCUT2D eigenvalue weighted by molar-refractivity contribution is 7.89. The molecule has 3 rings (SSSR count). The van der Waals surface area contributed by atoms with Crippen LogP contribution >= 0.6 is 11.6 Å². The largest absolute Gasteiger partial charge is 0.491 e. The average Bonchev–Trinajstić information content (AvgIpc) is 2.84. The minimum absolute atomic E-state index is 0.000406. The van der Waals surface area contributed by atoms with E-state index in [0.717, 1.165) is 12.1 Å². The molecular formula is C22H21ClFN5O5S. The molecule has 13 heteroatoms. The molecule has 0 bridgehead atoms. The van der Waals surface area contributed by atoms with Crippen molar-refractivity contribution in [1.82, 2.24) is 9.71 Å². The van der Waals surface area contributed by atoms with E-state index in [1.165, 1.54) is 49.6 Å². The summed E-state index contributed by atoms with van der Waals surface area (Å²) in [5.41, 5.74) is 5.27. The Morgan fingerprint density at radius 2 is 1.80 bits per heavy atom. The quantitative estimate of drug-likeness (QED) is 0.337. The number of carbonyl (C=O) groups excluding carboxylic acids is 2. The van der Waals surface area contributed by atoms with Gasteiger partial charge in [-0.1, -0.05) is 11.6 Å². The first-order chi connectivity index (χ1) is 16.6. The predicted molar refractivity (Wildman–Crippen MR) is 129 cm³/mol. The number of halogens is 2. The van der Waals surface area contributed by atoms with E-state index in [0.29, 0.717) is 5.02 Å². The summed E-state index contributed by atoms with van der Waals surface area (Å²) in [7, 11) is -2.56. The van der Waals surface area contributed by atoms with E-state index >= 15 is 0 Å². The number of anilines is 2. The van der Waals surface area contributed by atoms with Crippen LogP contribution in [0.1, 0.15) is 20.7 Å². The summed E-state index contributed by atoms with van der Waals surface area (Å²) < 4.78 is 45.9. The minimum atomic E-state index is -3.80. The summed E-state index contributed by atoms with van der Waals surface area (Å²) in [5, 5.41) is 5.40. The van der Waals surface area contributed by atoms with Crippen molar-refractivity contribution in [2.45, 2.75) is 4.90 Å². The zero-order chi connectivity index (χ0) is 25.6. The third-order valence-electron chi connectivity index (χ3n) is 4.60. The maximum atomic E-state index is 13.9. The van der Waals surface area contributed by atoms with E-state index in [1.807, 2.05) is 0 Å². The maximum Gasteiger partial charge on any atom is 0.259 e. The number of pyridine rings is 1. The molecule has 1 heterocycles. The zero-order valence-corrected chi connectivity index (χ0v) is 19.9. The molecule has 3 aromatic rings. The third-order valence-corrected chi connectivity index (χ3v) is 6.23. The number of nitrogens with two attached hydrogens (primary N) is 1. The average molecular weight is 522 g/mol. The SMILES string of the molecule is CNS(=O)(=O)c1ccc(C(=O)Nc2ccc(F)cc2C(=O)Nc2ccc(Cl)cn2)c(OCCN)c1.